The maximum Gasteiger partial charge on any atom is 0.225 e. The number of hydrogen-bond donors (Lipinski definition) is 1. The summed E-state index contributed by atoms with van der Waals surface area (Å²) in [7, 11) is 0. The van der Waals surface area contributed by atoms with Crippen molar-refractivity contribution in [1.82, 2.24) is 10.2 Å². The predicted molar refractivity (Wildman–Crippen MR) is 76.2 cm³/mol. The van der Waals surface area contributed by atoms with Gasteiger partial charge in [0.25, 0.3) is 0 Å². The SMILES string of the molecule is O=C1CCN(C(=O)C2CCCCC2)CCCOCCN1. The quantitative estimate of drug-likeness (QED) is 0.789. The van der Waals surface area contributed by atoms with Crippen LogP contribution in [0.25, 0.3) is 0 Å². The summed E-state index contributed by atoms with van der Waals surface area (Å²) in [5.74, 6) is 0.437. The number of nitrogens with zero attached hydrogens (tertiary/aromatic N) is 1. The number of rotatable bonds is 1. The fourth-order valence-corrected chi connectivity index (χ4v) is 2.99. The number of carbonyl (C=O) groups is 2. The number of ether oxygens (including phenoxy) is 1. The van der Waals surface area contributed by atoms with Gasteiger partial charge in [0, 0.05) is 38.6 Å². The highest BCUT2D eigenvalue weighted by Crippen LogP contribution is 2.25. The summed E-state index contributed by atoms with van der Waals surface area (Å²) in [5, 5.41) is 2.82. The van der Waals surface area contributed by atoms with Gasteiger partial charge in [-0.1, -0.05) is 19.3 Å². The first-order chi connectivity index (χ1) is 9.77. The fourth-order valence-electron chi connectivity index (χ4n) is 2.99. The molecule has 1 aliphatic heterocycles. The van der Waals surface area contributed by atoms with Crippen LogP contribution in [0.5, 0.6) is 0 Å². The van der Waals surface area contributed by atoms with Gasteiger partial charge in [-0.2, -0.15) is 0 Å². The minimum absolute atomic E-state index is 0.0111. The molecule has 0 unspecified atom stereocenters. The van der Waals surface area contributed by atoms with Gasteiger partial charge in [0.2, 0.25) is 11.8 Å². The molecular weight excluding hydrogens is 256 g/mol. The van der Waals surface area contributed by atoms with Gasteiger partial charge < -0.3 is 15.0 Å². The zero-order valence-electron chi connectivity index (χ0n) is 12.2. The summed E-state index contributed by atoms with van der Waals surface area (Å²) in [4.78, 5) is 26.1. The minimum Gasteiger partial charge on any atom is -0.380 e. The summed E-state index contributed by atoms with van der Waals surface area (Å²) in [5.41, 5.74) is 0. The predicted octanol–water partition coefficient (Wildman–Crippen LogP) is 1.32. The smallest absolute Gasteiger partial charge is 0.225 e. The second-order valence-electron chi connectivity index (χ2n) is 5.73. The van der Waals surface area contributed by atoms with E-state index in [0.717, 1.165) is 32.1 Å². The Bertz CT molecular complexity index is 327. The molecule has 1 saturated heterocycles. The van der Waals surface area contributed by atoms with Crippen LogP contribution in [0, 0.1) is 5.92 Å². The van der Waals surface area contributed by atoms with E-state index < -0.39 is 0 Å². The third-order valence-corrected chi connectivity index (χ3v) is 4.16. The molecule has 0 aromatic heterocycles. The molecule has 0 aromatic rings. The number of hydrogen-bond acceptors (Lipinski definition) is 3. The monoisotopic (exact) mass is 282 g/mol. The average Bonchev–Trinajstić information content (AvgIpc) is 2.53. The molecule has 0 bridgehead atoms. The van der Waals surface area contributed by atoms with E-state index in [1.54, 1.807) is 0 Å². The average molecular weight is 282 g/mol. The van der Waals surface area contributed by atoms with E-state index in [2.05, 4.69) is 5.32 Å². The largest absolute Gasteiger partial charge is 0.380 e. The van der Waals surface area contributed by atoms with Crippen LogP contribution >= 0.6 is 0 Å². The van der Waals surface area contributed by atoms with Gasteiger partial charge >= 0.3 is 0 Å². The third-order valence-electron chi connectivity index (χ3n) is 4.16. The van der Waals surface area contributed by atoms with Gasteiger partial charge in [-0.05, 0) is 19.3 Å². The Kier molecular flexibility index (Phi) is 6.30. The van der Waals surface area contributed by atoms with Crippen molar-refractivity contribution in [3.05, 3.63) is 0 Å². The molecule has 1 N–H and O–H groups in total. The number of carbonyl (C=O) groups excluding carboxylic acids is 2. The summed E-state index contributed by atoms with van der Waals surface area (Å²) in [6, 6.07) is 0. The van der Waals surface area contributed by atoms with Gasteiger partial charge in [0.15, 0.2) is 0 Å². The Labute approximate surface area is 121 Å². The molecular formula is C15H26N2O3. The van der Waals surface area contributed by atoms with Crippen LogP contribution in [-0.2, 0) is 14.3 Å². The van der Waals surface area contributed by atoms with E-state index in [9.17, 15) is 9.59 Å². The highest BCUT2D eigenvalue weighted by atomic mass is 16.5. The van der Waals surface area contributed by atoms with Crippen LogP contribution in [0.1, 0.15) is 44.9 Å². The number of nitrogens with one attached hydrogen (secondary N) is 1. The highest BCUT2D eigenvalue weighted by Gasteiger charge is 2.26. The lowest BCUT2D eigenvalue weighted by atomic mass is 9.88. The number of amides is 2. The first-order valence-electron chi connectivity index (χ1n) is 7.90. The van der Waals surface area contributed by atoms with Crippen LogP contribution in [0.3, 0.4) is 0 Å². The first kappa shape index (κ1) is 15.3. The maximum atomic E-state index is 12.6. The summed E-state index contributed by atoms with van der Waals surface area (Å²) in [6.07, 6.45) is 6.85. The molecule has 0 radical (unpaired) electrons. The zero-order valence-corrected chi connectivity index (χ0v) is 12.2. The Morgan fingerprint density at radius 3 is 2.70 bits per heavy atom. The molecule has 0 aromatic carbocycles. The molecule has 2 amide bonds. The van der Waals surface area contributed by atoms with E-state index in [1.807, 2.05) is 4.90 Å². The second kappa shape index (κ2) is 8.25. The zero-order chi connectivity index (χ0) is 14.2. The highest BCUT2D eigenvalue weighted by molar-refractivity contribution is 5.80. The van der Waals surface area contributed by atoms with Crippen LogP contribution < -0.4 is 5.32 Å². The molecule has 5 heteroatoms. The molecule has 0 atom stereocenters. The fraction of sp³-hybridized carbons (Fsp3) is 0.867. The minimum atomic E-state index is 0.0111. The van der Waals surface area contributed by atoms with Crippen molar-refractivity contribution in [3.8, 4) is 0 Å². The Morgan fingerprint density at radius 2 is 1.90 bits per heavy atom. The Morgan fingerprint density at radius 1 is 1.10 bits per heavy atom. The normalized spacial score (nSPS) is 23.8. The lowest BCUT2D eigenvalue weighted by Gasteiger charge is -2.29. The van der Waals surface area contributed by atoms with Gasteiger partial charge in [0.05, 0.1) is 6.61 Å². The molecule has 20 heavy (non-hydrogen) atoms. The second-order valence-corrected chi connectivity index (χ2v) is 5.73. The molecule has 1 saturated carbocycles. The molecule has 2 rings (SSSR count). The Balaban J connectivity index is 1.90. The third kappa shape index (κ3) is 4.78. The van der Waals surface area contributed by atoms with Gasteiger partial charge in [-0.3, -0.25) is 9.59 Å². The molecule has 114 valence electrons. The van der Waals surface area contributed by atoms with Gasteiger partial charge in [-0.25, -0.2) is 0 Å². The molecule has 2 aliphatic rings. The lowest BCUT2D eigenvalue weighted by molar-refractivity contribution is -0.137. The van der Waals surface area contributed by atoms with E-state index >= 15 is 0 Å². The van der Waals surface area contributed by atoms with Crippen molar-refractivity contribution in [2.75, 3.05) is 32.8 Å². The summed E-state index contributed by atoms with van der Waals surface area (Å²) in [6.45, 7) is 3.03. The van der Waals surface area contributed by atoms with Crippen molar-refractivity contribution in [2.24, 2.45) is 5.92 Å². The van der Waals surface area contributed by atoms with Crippen LogP contribution in [-0.4, -0.2) is 49.6 Å². The topological polar surface area (TPSA) is 58.6 Å². The van der Waals surface area contributed by atoms with Gasteiger partial charge in [0.1, 0.15) is 0 Å². The van der Waals surface area contributed by atoms with Crippen molar-refractivity contribution in [3.63, 3.8) is 0 Å². The summed E-state index contributed by atoms with van der Waals surface area (Å²) < 4.78 is 5.43. The van der Waals surface area contributed by atoms with E-state index in [0.29, 0.717) is 39.3 Å². The van der Waals surface area contributed by atoms with Crippen LogP contribution in [0.4, 0.5) is 0 Å². The molecule has 1 aliphatic carbocycles. The van der Waals surface area contributed by atoms with E-state index in [-0.39, 0.29) is 17.7 Å². The maximum absolute atomic E-state index is 12.6. The lowest BCUT2D eigenvalue weighted by Crippen LogP contribution is -2.40. The van der Waals surface area contributed by atoms with E-state index in [4.69, 9.17) is 4.74 Å². The van der Waals surface area contributed by atoms with Crippen molar-refractivity contribution >= 4 is 11.8 Å². The first-order valence-corrected chi connectivity index (χ1v) is 7.90. The van der Waals surface area contributed by atoms with Gasteiger partial charge in [-0.15, -0.1) is 0 Å². The molecule has 5 nitrogen and oxygen atoms in total. The molecule has 1 heterocycles. The van der Waals surface area contributed by atoms with Crippen molar-refractivity contribution in [1.29, 1.82) is 0 Å². The standard InChI is InChI=1S/C15H26N2O3/c18-14-7-10-17(9-4-11-20-12-8-16-14)15(19)13-5-2-1-3-6-13/h13H,1-12H2,(H,16,18). The van der Waals surface area contributed by atoms with Crippen LogP contribution in [0.15, 0.2) is 0 Å². The van der Waals surface area contributed by atoms with Crippen LogP contribution in [0.2, 0.25) is 0 Å². The molecule has 0 spiro atoms. The van der Waals surface area contributed by atoms with Crippen molar-refractivity contribution < 1.29 is 14.3 Å². The summed E-state index contributed by atoms with van der Waals surface area (Å²) >= 11 is 0. The van der Waals surface area contributed by atoms with E-state index in [1.165, 1.54) is 6.42 Å². The Hall–Kier alpha value is -1.10. The molecule has 2 fully saturated rings. The van der Waals surface area contributed by atoms with Crippen molar-refractivity contribution in [2.45, 2.75) is 44.9 Å².